The number of aromatic nitrogens is 1. The molecule has 0 unspecified atom stereocenters. The third-order valence-electron chi connectivity index (χ3n) is 3.57. The molecule has 0 atom stereocenters. The van der Waals surface area contributed by atoms with Gasteiger partial charge >= 0.3 is 0 Å². The van der Waals surface area contributed by atoms with E-state index >= 15 is 0 Å². The molecule has 0 saturated carbocycles. The van der Waals surface area contributed by atoms with Crippen LogP contribution in [0.25, 0.3) is 10.8 Å². The van der Waals surface area contributed by atoms with Gasteiger partial charge in [0, 0.05) is 35.1 Å². The number of rotatable bonds is 4. The highest BCUT2D eigenvalue weighted by Gasteiger charge is 2.12. The number of benzene rings is 2. The molecular weight excluding hydrogens is 292 g/mol. The number of carbonyl (C=O) groups is 1. The number of anilines is 1. The number of methoxy groups -OCH3 is 2. The van der Waals surface area contributed by atoms with Crippen LogP contribution in [0.1, 0.15) is 10.4 Å². The van der Waals surface area contributed by atoms with E-state index in [9.17, 15) is 4.79 Å². The normalized spacial score (nSPS) is 10.3. The zero-order valence-corrected chi connectivity index (χ0v) is 12.9. The first-order valence-electron chi connectivity index (χ1n) is 7.09. The second-order valence-corrected chi connectivity index (χ2v) is 4.93. The van der Waals surface area contributed by atoms with E-state index in [1.54, 1.807) is 50.9 Å². The van der Waals surface area contributed by atoms with Crippen LogP contribution in [0.15, 0.2) is 54.9 Å². The van der Waals surface area contributed by atoms with E-state index in [-0.39, 0.29) is 5.91 Å². The molecule has 0 spiro atoms. The minimum Gasteiger partial charge on any atom is -0.493 e. The van der Waals surface area contributed by atoms with E-state index in [0.717, 1.165) is 10.8 Å². The molecule has 1 heterocycles. The van der Waals surface area contributed by atoms with Crippen LogP contribution in [0, 0.1) is 0 Å². The summed E-state index contributed by atoms with van der Waals surface area (Å²) in [5.74, 6) is 0.973. The first-order chi connectivity index (χ1) is 11.2. The Bertz CT molecular complexity index is 857. The number of hydrogen-bond donors (Lipinski definition) is 1. The maximum Gasteiger partial charge on any atom is 0.256 e. The van der Waals surface area contributed by atoms with E-state index in [1.807, 2.05) is 18.2 Å². The van der Waals surface area contributed by atoms with Gasteiger partial charge in [-0.1, -0.05) is 12.1 Å². The van der Waals surface area contributed by atoms with Crippen LogP contribution in [0.2, 0.25) is 0 Å². The van der Waals surface area contributed by atoms with Crippen LogP contribution in [0.3, 0.4) is 0 Å². The van der Waals surface area contributed by atoms with Crippen LogP contribution >= 0.6 is 0 Å². The largest absolute Gasteiger partial charge is 0.493 e. The lowest BCUT2D eigenvalue weighted by molar-refractivity contribution is 0.102. The van der Waals surface area contributed by atoms with Gasteiger partial charge < -0.3 is 14.8 Å². The fraction of sp³-hybridized carbons (Fsp3) is 0.111. The summed E-state index contributed by atoms with van der Waals surface area (Å²) in [7, 11) is 3.12. The highest BCUT2D eigenvalue weighted by Crippen LogP contribution is 2.30. The Morgan fingerprint density at radius 3 is 2.65 bits per heavy atom. The summed E-state index contributed by atoms with van der Waals surface area (Å²) >= 11 is 0. The van der Waals surface area contributed by atoms with E-state index in [4.69, 9.17) is 9.47 Å². The van der Waals surface area contributed by atoms with Crippen molar-refractivity contribution in [3.05, 3.63) is 60.4 Å². The van der Waals surface area contributed by atoms with Crippen molar-refractivity contribution in [3.8, 4) is 11.5 Å². The van der Waals surface area contributed by atoms with E-state index < -0.39 is 0 Å². The maximum atomic E-state index is 12.6. The van der Waals surface area contributed by atoms with Crippen LogP contribution in [0.4, 0.5) is 5.69 Å². The summed E-state index contributed by atoms with van der Waals surface area (Å²) in [5, 5.41) is 4.66. The van der Waals surface area contributed by atoms with Gasteiger partial charge in [0.2, 0.25) is 0 Å². The summed E-state index contributed by atoms with van der Waals surface area (Å²) in [6.07, 6.45) is 3.40. The maximum absolute atomic E-state index is 12.6. The number of nitrogens with one attached hydrogen (secondary N) is 1. The van der Waals surface area contributed by atoms with Gasteiger partial charge in [-0.2, -0.15) is 0 Å². The Labute approximate surface area is 133 Å². The van der Waals surface area contributed by atoms with Crippen molar-refractivity contribution >= 4 is 22.4 Å². The van der Waals surface area contributed by atoms with Gasteiger partial charge in [-0.15, -0.1) is 0 Å². The van der Waals surface area contributed by atoms with Crippen LogP contribution in [-0.4, -0.2) is 25.1 Å². The Balaban J connectivity index is 1.92. The summed E-state index contributed by atoms with van der Waals surface area (Å²) in [4.78, 5) is 16.7. The Kier molecular flexibility index (Phi) is 4.10. The third kappa shape index (κ3) is 2.94. The number of pyridine rings is 1. The van der Waals surface area contributed by atoms with Crippen molar-refractivity contribution in [2.45, 2.75) is 0 Å². The molecular formula is C18H16N2O3. The van der Waals surface area contributed by atoms with Gasteiger partial charge in [0.15, 0.2) is 11.5 Å². The molecule has 0 aliphatic rings. The van der Waals surface area contributed by atoms with Crippen molar-refractivity contribution in [1.29, 1.82) is 0 Å². The Morgan fingerprint density at radius 1 is 1.04 bits per heavy atom. The average molecular weight is 308 g/mol. The predicted octanol–water partition coefficient (Wildman–Crippen LogP) is 3.50. The quantitative estimate of drug-likeness (QED) is 0.801. The zero-order chi connectivity index (χ0) is 16.2. The summed E-state index contributed by atoms with van der Waals surface area (Å²) < 4.78 is 10.4. The van der Waals surface area contributed by atoms with E-state index in [2.05, 4.69) is 10.3 Å². The molecule has 0 aliphatic carbocycles. The third-order valence-corrected chi connectivity index (χ3v) is 3.57. The number of hydrogen-bond acceptors (Lipinski definition) is 4. The molecule has 1 N–H and O–H groups in total. The fourth-order valence-electron chi connectivity index (χ4n) is 2.42. The second-order valence-electron chi connectivity index (χ2n) is 4.93. The van der Waals surface area contributed by atoms with Gasteiger partial charge in [0.1, 0.15) is 0 Å². The van der Waals surface area contributed by atoms with Crippen molar-refractivity contribution in [1.82, 2.24) is 4.98 Å². The molecule has 0 fully saturated rings. The van der Waals surface area contributed by atoms with E-state index in [0.29, 0.717) is 22.7 Å². The average Bonchev–Trinajstić information content (AvgIpc) is 2.61. The molecule has 1 aromatic heterocycles. The highest BCUT2D eigenvalue weighted by molar-refractivity contribution is 6.12. The molecule has 0 aliphatic heterocycles. The smallest absolute Gasteiger partial charge is 0.256 e. The molecule has 23 heavy (non-hydrogen) atoms. The first kappa shape index (κ1) is 14.8. The molecule has 5 nitrogen and oxygen atoms in total. The second kappa shape index (κ2) is 6.36. The van der Waals surface area contributed by atoms with Gasteiger partial charge in [-0.25, -0.2) is 0 Å². The predicted molar refractivity (Wildman–Crippen MR) is 89.2 cm³/mol. The standard InChI is InChI=1S/C18H16N2O3/c1-22-16-7-6-13(10-17(16)23-2)20-18(21)14-5-3-4-12-8-9-19-11-15(12)14/h3-11H,1-2H3,(H,20,21). The highest BCUT2D eigenvalue weighted by atomic mass is 16.5. The Morgan fingerprint density at radius 2 is 1.87 bits per heavy atom. The van der Waals surface area contributed by atoms with Crippen LogP contribution in [0.5, 0.6) is 11.5 Å². The van der Waals surface area contributed by atoms with Gasteiger partial charge in [0.25, 0.3) is 5.91 Å². The number of ether oxygens (including phenoxy) is 2. The summed E-state index contributed by atoms with van der Waals surface area (Å²) in [6.45, 7) is 0. The van der Waals surface area contributed by atoms with Crippen molar-refractivity contribution < 1.29 is 14.3 Å². The molecule has 3 rings (SSSR count). The van der Waals surface area contributed by atoms with Crippen molar-refractivity contribution in [3.63, 3.8) is 0 Å². The minimum atomic E-state index is -0.198. The molecule has 0 bridgehead atoms. The number of amides is 1. The van der Waals surface area contributed by atoms with Crippen LogP contribution in [-0.2, 0) is 0 Å². The Hall–Kier alpha value is -3.08. The summed E-state index contributed by atoms with van der Waals surface area (Å²) in [6, 6.07) is 12.7. The van der Waals surface area contributed by atoms with Gasteiger partial charge in [0.05, 0.1) is 14.2 Å². The van der Waals surface area contributed by atoms with Gasteiger partial charge in [-0.3, -0.25) is 9.78 Å². The number of fused-ring (bicyclic) bond motifs is 1. The van der Waals surface area contributed by atoms with Crippen molar-refractivity contribution in [2.75, 3.05) is 19.5 Å². The van der Waals surface area contributed by atoms with Crippen LogP contribution < -0.4 is 14.8 Å². The summed E-state index contributed by atoms with van der Waals surface area (Å²) in [5.41, 5.74) is 1.21. The lowest BCUT2D eigenvalue weighted by atomic mass is 10.1. The lowest BCUT2D eigenvalue weighted by Gasteiger charge is -2.11. The SMILES string of the molecule is COc1ccc(NC(=O)c2cccc3ccncc23)cc1OC. The molecule has 116 valence electrons. The number of nitrogens with zero attached hydrogens (tertiary/aromatic N) is 1. The molecule has 1 amide bonds. The van der Waals surface area contributed by atoms with E-state index in [1.165, 1.54) is 0 Å². The molecule has 0 saturated heterocycles. The van der Waals surface area contributed by atoms with Gasteiger partial charge in [-0.05, 0) is 29.7 Å². The lowest BCUT2D eigenvalue weighted by Crippen LogP contribution is -2.12. The fourth-order valence-corrected chi connectivity index (χ4v) is 2.42. The monoisotopic (exact) mass is 308 g/mol. The molecule has 5 heteroatoms. The number of carbonyl (C=O) groups excluding carboxylic acids is 1. The molecule has 3 aromatic rings. The molecule has 0 radical (unpaired) electrons. The molecule has 2 aromatic carbocycles. The van der Waals surface area contributed by atoms with Crippen molar-refractivity contribution in [2.24, 2.45) is 0 Å². The minimum absolute atomic E-state index is 0.198. The zero-order valence-electron chi connectivity index (χ0n) is 12.9. The topological polar surface area (TPSA) is 60.5 Å². The first-order valence-corrected chi connectivity index (χ1v) is 7.09.